The fraction of sp³-hybridized carbons (Fsp3) is 0.222. The van der Waals surface area contributed by atoms with Crippen LogP contribution in [0.15, 0.2) is 53.1 Å². The first-order valence-corrected chi connectivity index (χ1v) is 8.13. The van der Waals surface area contributed by atoms with Gasteiger partial charge in [0, 0.05) is 22.7 Å². The van der Waals surface area contributed by atoms with Crippen molar-refractivity contribution in [3.8, 4) is 0 Å². The quantitative estimate of drug-likeness (QED) is 0.708. The zero-order chi connectivity index (χ0) is 16.9. The van der Waals surface area contributed by atoms with E-state index >= 15 is 0 Å². The van der Waals surface area contributed by atoms with Crippen LogP contribution in [0.25, 0.3) is 0 Å². The number of hydrogen-bond donors (Lipinski definition) is 2. The van der Waals surface area contributed by atoms with Crippen LogP contribution in [0.3, 0.4) is 0 Å². The Bertz CT molecular complexity index is 805. The normalized spacial score (nSPS) is 12.1. The summed E-state index contributed by atoms with van der Waals surface area (Å²) in [6.07, 6.45) is -0.0520. The molecule has 0 aliphatic carbocycles. The maximum Gasteiger partial charge on any atom is 0.245 e. The highest BCUT2D eigenvalue weighted by Gasteiger charge is 2.16. The second kappa shape index (κ2) is 7.47. The molecule has 0 aliphatic heterocycles. The topological polar surface area (TPSA) is 71.2 Å². The number of nitrogens with zero attached hydrogens (tertiary/aromatic N) is 2. The summed E-state index contributed by atoms with van der Waals surface area (Å²) in [6, 6.07) is 14.8. The summed E-state index contributed by atoms with van der Waals surface area (Å²) in [5.41, 5.74) is 2.27. The van der Waals surface area contributed by atoms with Gasteiger partial charge in [0.25, 0.3) is 0 Å². The molecule has 2 aromatic carbocycles. The molecule has 2 N–H and O–H groups in total. The molecule has 0 fully saturated rings. The molecule has 0 aliphatic rings. The van der Waals surface area contributed by atoms with Crippen LogP contribution < -0.4 is 5.32 Å². The Morgan fingerprint density at radius 2 is 2.00 bits per heavy atom. The molecular formula is C18H18ClN3O2. The van der Waals surface area contributed by atoms with Crippen molar-refractivity contribution in [2.24, 2.45) is 0 Å². The molecular weight excluding hydrogens is 326 g/mol. The second-order valence-electron chi connectivity index (χ2n) is 5.36. The Hall–Kier alpha value is -2.37. The lowest BCUT2D eigenvalue weighted by atomic mass is 10.00. The third kappa shape index (κ3) is 3.75. The average Bonchev–Trinajstić information content (AvgIpc) is 3.09. The van der Waals surface area contributed by atoms with Crippen LogP contribution in [0.1, 0.15) is 35.9 Å². The van der Waals surface area contributed by atoms with Crippen LogP contribution >= 0.6 is 11.6 Å². The number of nitrogens with one attached hydrogen (secondary N) is 1. The number of hydrogen-bond acceptors (Lipinski definition) is 5. The van der Waals surface area contributed by atoms with Gasteiger partial charge in [-0.3, -0.25) is 0 Å². The summed E-state index contributed by atoms with van der Waals surface area (Å²) < 4.78 is 5.17. The molecule has 0 saturated heterocycles. The van der Waals surface area contributed by atoms with E-state index in [1.807, 2.05) is 43.3 Å². The zero-order valence-corrected chi connectivity index (χ0v) is 14.0. The lowest BCUT2D eigenvalue weighted by molar-refractivity contribution is 0.221. The summed E-state index contributed by atoms with van der Waals surface area (Å²) in [5, 5.41) is 18.4. The van der Waals surface area contributed by atoms with Gasteiger partial charge >= 0.3 is 0 Å². The van der Waals surface area contributed by atoms with Crippen LogP contribution in [-0.4, -0.2) is 15.2 Å². The molecule has 3 aromatic rings. The van der Waals surface area contributed by atoms with Crippen molar-refractivity contribution in [1.82, 2.24) is 10.1 Å². The minimum atomic E-state index is -0.777. The molecule has 24 heavy (non-hydrogen) atoms. The number of aliphatic hydroxyl groups is 1. The van der Waals surface area contributed by atoms with Crippen molar-refractivity contribution < 1.29 is 9.63 Å². The number of halogens is 1. The summed E-state index contributed by atoms with van der Waals surface area (Å²) in [7, 11) is 0. The van der Waals surface area contributed by atoms with E-state index < -0.39 is 6.10 Å². The summed E-state index contributed by atoms with van der Waals surface area (Å²) in [5.74, 6) is 1.18. The Kier molecular flexibility index (Phi) is 5.13. The van der Waals surface area contributed by atoms with E-state index in [9.17, 15) is 5.11 Å². The molecule has 1 aromatic heterocycles. The number of anilines is 1. The van der Waals surface area contributed by atoms with Gasteiger partial charge < -0.3 is 14.9 Å². The molecule has 3 rings (SSSR count). The summed E-state index contributed by atoms with van der Waals surface area (Å²) in [4.78, 5) is 4.27. The van der Waals surface area contributed by atoms with Crippen molar-refractivity contribution >= 4 is 17.3 Å². The van der Waals surface area contributed by atoms with Gasteiger partial charge in [0.2, 0.25) is 5.89 Å². The smallest absolute Gasteiger partial charge is 0.245 e. The predicted molar refractivity (Wildman–Crippen MR) is 93.0 cm³/mol. The van der Waals surface area contributed by atoms with Crippen LogP contribution in [0.5, 0.6) is 0 Å². The third-order valence-electron chi connectivity index (χ3n) is 3.68. The van der Waals surface area contributed by atoms with E-state index in [-0.39, 0.29) is 0 Å². The van der Waals surface area contributed by atoms with Crippen molar-refractivity contribution in [2.45, 2.75) is 26.0 Å². The van der Waals surface area contributed by atoms with E-state index in [4.69, 9.17) is 16.1 Å². The Balaban J connectivity index is 1.82. The van der Waals surface area contributed by atoms with Crippen LogP contribution in [0.4, 0.5) is 5.69 Å². The lowest BCUT2D eigenvalue weighted by Gasteiger charge is -2.17. The van der Waals surface area contributed by atoms with Crippen LogP contribution in [-0.2, 0) is 13.0 Å². The highest BCUT2D eigenvalue weighted by Crippen LogP contribution is 2.31. The lowest BCUT2D eigenvalue weighted by Crippen LogP contribution is -2.07. The average molecular weight is 344 g/mol. The monoisotopic (exact) mass is 343 g/mol. The first-order chi connectivity index (χ1) is 11.7. The highest BCUT2D eigenvalue weighted by atomic mass is 35.5. The van der Waals surface area contributed by atoms with Gasteiger partial charge in [0.1, 0.15) is 6.10 Å². The number of aromatic nitrogens is 2. The van der Waals surface area contributed by atoms with Gasteiger partial charge in [-0.25, -0.2) is 0 Å². The minimum absolute atomic E-state index is 0.378. The zero-order valence-electron chi connectivity index (χ0n) is 13.2. The van der Waals surface area contributed by atoms with Crippen molar-refractivity contribution in [3.05, 3.63) is 76.4 Å². The Labute approximate surface area is 145 Å². The summed E-state index contributed by atoms with van der Waals surface area (Å²) >= 11 is 6.11. The Morgan fingerprint density at radius 3 is 2.71 bits per heavy atom. The maximum absolute atomic E-state index is 10.7. The first-order valence-electron chi connectivity index (χ1n) is 7.75. The van der Waals surface area contributed by atoms with Crippen LogP contribution in [0, 0.1) is 0 Å². The van der Waals surface area contributed by atoms with E-state index in [1.165, 1.54) is 0 Å². The fourth-order valence-electron chi connectivity index (χ4n) is 2.41. The molecule has 6 heteroatoms. The van der Waals surface area contributed by atoms with Crippen molar-refractivity contribution in [1.29, 1.82) is 0 Å². The largest absolute Gasteiger partial charge is 0.384 e. The highest BCUT2D eigenvalue weighted by molar-refractivity contribution is 6.30. The number of benzene rings is 2. The second-order valence-corrected chi connectivity index (χ2v) is 5.79. The maximum atomic E-state index is 10.7. The van der Waals surface area contributed by atoms with Gasteiger partial charge in [0.05, 0.1) is 6.54 Å². The molecule has 1 atom stereocenters. The van der Waals surface area contributed by atoms with Gasteiger partial charge in [0.15, 0.2) is 5.82 Å². The van der Waals surface area contributed by atoms with Gasteiger partial charge in [-0.15, -0.1) is 0 Å². The molecule has 0 amide bonds. The van der Waals surface area contributed by atoms with Crippen LogP contribution in [0.2, 0.25) is 5.02 Å². The first kappa shape index (κ1) is 16.5. The van der Waals surface area contributed by atoms with E-state index in [2.05, 4.69) is 15.5 Å². The molecule has 0 spiro atoms. The number of rotatable bonds is 6. The summed E-state index contributed by atoms with van der Waals surface area (Å²) in [6.45, 7) is 2.35. The molecule has 0 bridgehead atoms. The molecule has 0 radical (unpaired) electrons. The molecule has 124 valence electrons. The predicted octanol–water partition coefficient (Wildman–Crippen LogP) is 3.98. The van der Waals surface area contributed by atoms with E-state index in [0.29, 0.717) is 28.8 Å². The van der Waals surface area contributed by atoms with Crippen molar-refractivity contribution in [2.75, 3.05) is 5.32 Å². The molecule has 0 unspecified atom stereocenters. The van der Waals surface area contributed by atoms with E-state index in [0.717, 1.165) is 17.7 Å². The Morgan fingerprint density at radius 1 is 1.21 bits per heavy atom. The number of aliphatic hydroxyl groups excluding tert-OH is 1. The standard InChI is InChI=1S/C18H18ClN3O2/c1-2-16-21-17(24-22-16)11-20-15-9-8-13(19)10-14(15)18(23)12-6-4-3-5-7-12/h3-10,18,20,23H,2,11H2,1H3/t18-/m0/s1. The van der Waals surface area contributed by atoms with Gasteiger partial charge in [-0.2, -0.15) is 4.98 Å². The van der Waals surface area contributed by atoms with E-state index in [1.54, 1.807) is 12.1 Å². The molecule has 0 saturated carbocycles. The fourth-order valence-corrected chi connectivity index (χ4v) is 2.59. The number of aryl methyl sites for hydroxylation is 1. The van der Waals surface area contributed by atoms with Gasteiger partial charge in [-0.05, 0) is 23.8 Å². The van der Waals surface area contributed by atoms with Gasteiger partial charge in [-0.1, -0.05) is 54.0 Å². The SMILES string of the molecule is CCc1noc(CNc2ccc(Cl)cc2[C@@H](O)c2ccccc2)n1. The molecule has 1 heterocycles. The minimum Gasteiger partial charge on any atom is -0.384 e. The third-order valence-corrected chi connectivity index (χ3v) is 3.92. The molecule has 5 nitrogen and oxygen atoms in total. The van der Waals surface area contributed by atoms with Crippen molar-refractivity contribution in [3.63, 3.8) is 0 Å².